The van der Waals surface area contributed by atoms with Crippen molar-refractivity contribution in [2.45, 2.75) is 13.8 Å². The van der Waals surface area contributed by atoms with Crippen LogP contribution in [0.25, 0.3) is 11.1 Å². The van der Waals surface area contributed by atoms with Crippen LogP contribution in [0.3, 0.4) is 0 Å². The van der Waals surface area contributed by atoms with Crippen molar-refractivity contribution in [2.24, 2.45) is 0 Å². The van der Waals surface area contributed by atoms with Crippen molar-refractivity contribution in [1.82, 2.24) is 0 Å². The zero-order chi connectivity index (χ0) is 14.9. The second kappa shape index (κ2) is 5.33. The average Bonchev–Trinajstić information content (AvgIpc) is 2.40. The predicted octanol–water partition coefficient (Wildman–Crippen LogP) is 3.82. The maximum atomic E-state index is 13.5. The van der Waals surface area contributed by atoms with E-state index >= 15 is 0 Å². The average molecular weight is 274 g/mol. The molecule has 0 unspecified atom stereocenters. The second-order valence-electron chi connectivity index (χ2n) is 4.63. The van der Waals surface area contributed by atoms with Crippen LogP contribution in [0, 0.1) is 19.7 Å². The molecule has 20 heavy (non-hydrogen) atoms. The van der Waals surface area contributed by atoms with Crippen LogP contribution in [0.4, 0.5) is 4.39 Å². The molecule has 2 rings (SSSR count). The quantitative estimate of drug-likeness (QED) is 0.925. The number of benzene rings is 2. The molecule has 2 aromatic rings. The number of carboxylic acid groups (broad SMARTS) is 1. The summed E-state index contributed by atoms with van der Waals surface area (Å²) in [6.07, 6.45) is 0. The van der Waals surface area contributed by atoms with Crippen molar-refractivity contribution in [1.29, 1.82) is 0 Å². The number of halogens is 1. The molecule has 0 aliphatic heterocycles. The van der Waals surface area contributed by atoms with E-state index in [9.17, 15) is 14.3 Å². The Hall–Kier alpha value is -2.36. The molecule has 0 atom stereocenters. The van der Waals surface area contributed by atoms with Crippen molar-refractivity contribution in [2.75, 3.05) is 7.11 Å². The molecule has 1 N–H and O–H groups in total. The third-order valence-electron chi connectivity index (χ3n) is 3.24. The Morgan fingerprint density at radius 1 is 1.10 bits per heavy atom. The Morgan fingerprint density at radius 3 is 2.40 bits per heavy atom. The molecule has 4 heteroatoms. The number of carboxylic acids is 1. The molecular formula is C16H15FO3. The van der Waals surface area contributed by atoms with Crippen LogP contribution in [0.2, 0.25) is 0 Å². The van der Waals surface area contributed by atoms with E-state index in [0.717, 1.165) is 22.9 Å². The second-order valence-corrected chi connectivity index (χ2v) is 4.63. The molecule has 0 radical (unpaired) electrons. The van der Waals surface area contributed by atoms with Crippen LogP contribution in [0.1, 0.15) is 21.5 Å². The van der Waals surface area contributed by atoms with Gasteiger partial charge in [-0.25, -0.2) is 9.18 Å². The summed E-state index contributed by atoms with van der Waals surface area (Å²) in [5.74, 6) is -0.815. The highest BCUT2D eigenvalue weighted by molar-refractivity contribution is 5.96. The van der Waals surface area contributed by atoms with Crippen molar-refractivity contribution in [3.63, 3.8) is 0 Å². The third kappa shape index (κ3) is 2.50. The maximum Gasteiger partial charge on any atom is 0.336 e. The molecule has 0 aromatic heterocycles. The SMILES string of the molecule is COc1cc(C)c(-c2cc(F)ccc2C(=O)O)cc1C. The summed E-state index contributed by atoms with van der Waals surface area (Å²) in [6.45, 7) is 3.70. The monoisotopic (exact) mass is 274 g/mol. The first-order valence-corrected chi connectivity index (χ1v) is 6.12. The summed E-state index contributed by atoms with van der Waals surface area (Å²) < 4.78 is 18.7. The predicted molar refractivity (Wildman–Crippen MR) is 74.8 cm³/mol. The molecule has 2 aromatic carbocycles. The summed E-state index contributed by atoms with van der Waals surface area (Å²) in [4.78, 5) is 11.3. The molecule has 104 valence electrons. The highest BCUT2D eigenvalue weighted by Crippen LogP contribution is 2.32. The lowest BCUT2D eigenvalue weighted by molar-refractivity contribution is 0.0697. The molecule has 0 saturated carbocycles. The van der Waals surface area contributed by atoms with Crippen molar-refractivity contribution < 1.29 is 19.0 Å². The lowest BCUT2D eigenvalue weighted by Gasteiger charge is -2.13. The number of hydrogen-bond donors (Lipinski definition) is 1. The van der Waals surface area contributed by atoms with E-state index < -0.39 is 11.8 Å². The van der Waals surface area contributed by atoms with Crippen molar-refractivity contribution >= 4 is 5.97 Å². The summed E-state index contributed by atoms with van der Waals surface area (Å²) in [5.41, 5.74) is 2.86. The zero-order valence-corrected chi connectivity index (χ0v) is 11.5. The van der Waals surface area contributed by atoms with Gasteiger partial charge >= 0.3 is 5.97 Å². The van der Waals surface area contributed by atoms with Crippen molar-refractivity contribution in [3.8, 4) is 16.9 Å². The number of aromatic carboxylic acids is 1. The highest BCUT2D eigenvalue weighted by atomic mass is 19.1. The van der Waals surface area contributed by atoms with Gasteiger partial charge < -0.3 is 9.84 Å². The summed E-state index contributed by atoms with van der Waals surface area (Å²) in [7, 11) is 1.58. The summed E-state index contributed by atoms with van der Waals surface area (Å²) in [6, 6.07) is 7.32. The Bertz CT molecular complexity index is 678. The van der Waals surface area contributed by atoms with Gasteiger partial charge in [-0.2, -0.15) is 0 Å². The Morgan fingerprint density at radius 2 is 1.80 bits per heavy atom. The number of hydrogen-bond acceptors (Lipinski definition) is 2. The first kappa shape index (κ1) is 14.1. The smallest absolute Gasteiger partial charge is 0.336 e. The molecular weight excluding hydrogens is 259 g/mol. The van der Waals surface area contributed by atoms with Gasteiger partial charge in [-0.1, -0.05) is 0 Å². The van der Waals surface area contributed by atoms with Crippen LogP contribution in [-0.4, -0.2) is 18.2 Å². The van der Waals surface area contributed by atoms with Gasteiger partial charge in [0.2, 0.25) is 0 Å². The van der Waals surface area contributed by atoms with Gasteiger partial charge in [-0.15, -0.1) is 0 Å². The standard InChI is InChI=1S/C16H15FO3/c1-9-7-15(20-3)10(2)6-13(9)14-8-11(17)4-5-12(14)16(18)19/h4-8H,1-3H3,(H,18,19). The maximum absolute atomic E-state index is 13.5. The van der Waals surface area contributed by atoms with Gasteiger partial charge in [0.05, 0.1) is 12.7 Å². The van der Waals surface area contributed by atoms with Crippen LogP contribution in [-0.2, 0) is 0 Å². The number of ether oxygens (including phenoxy) is 1. The molecule has 0 bridgehead atoms. The molecule has 0 saturated heterocycles. The van der Waals surface area contributed by atoms with E-state index in [1.807, 2.05) is 26.0 Å². The summed E-state index contributed by atoms with van der Waals surface area (Å²) in [5, 5.41) is 9.23. The largest absolute Gasteiger partial charge is 0.496 e. The Labute approximate surface area is 116 Å². The number of aryl methyl sites for hydroxylation is 2. The zero-order valence-electron chi connectivity index (χ0n) is 11.5. The molecule has 3 nitrogen and oxygen atoms in total. The van der Waals surface area contributed by atoms with Crippen LogP contribution in [0.15, 0.2) is 30.3 Å². The minimum absolute atomic E-state index is 0.0825. The van der Waals surface area contributed by atoms with Gasteiger partial charge in [-0.3, -0.25) is 0 Å². The first-order valence-electron chi connectivity index (χ1n) is 6.12. The lowest BCUT2D eigenvalue weighted by Crippen LogP contribution is -2.01. The van der Waals surface area contributed by atoms with Crippen molar-refractivity contribution in [3.05, 3.63) is 52.8 Å². The minimum atomic E-state index is -1.08. The van der Waals surface area contributed by atoms with Gasteiger partial charge in [0, 0.05) is 0 Å². The number of rotatable bonds is 3. The molecule has 0 spiro atoms. The Kier molecular flexibility index (Phi) is 3.74. The normalized spacial score (nSPS) is 10.4. The van der Waals surface area contributed by atoms with Gasteiger partial charge in [0.25, 0.3) is 0 Å². The molecule has 0 amide bonds. The molecule has 0 aliphatic carbocycles. The highest BCUT2D eigenvalue weighted by Gasteiger charge is 2.15. The van der Waals surface area contributed by atoms with E-state index in [1.54, 1.807) is 7.11 Å². The fourth-order valence-electron chi connectivity index (χ4n) is 2.23. The first-order chi connectivity index (χ1) is 9.43. The molecule has 0 fully saturated rings. The van der Waals surface area contributed by atoms with E-state index in [0.29, 0.717) is 11.1 Å². The van der Waals surface area contributed by atoms with Crippen LogP contribution < -0.4 is 4.74 Å². The van der Waals surface area contributed by atoms with Gasteiger partial charge in [0.1, 0.15) is 11.6 Å². The van der Waals surface area contributed by atoms with E-state index in [4.69, 9.17) is 4.74 Å². The fourth-order valence-corrected chi connectivity index (χ4v) is 2.23. The Balaban J connectivity index is 2.71. The molecule has 0 heterocycles. The van der Waals surface area contributed by atoms with E-state index in [1.165, 1.54) is 12.1 Å². The van der Waals surface area contributed by atoms with E-state index in [2.05, 4.69) is 0 Å². The number of methoxy groups -OCH3 is 1. The van der Waals surface area contributed by atoms with E-state index in [-0.39, 0.29) is 5.56 Å². The lowest BCUT2D eigenvalue weighted by atomic mass is 9.94. The number of carbonyl (C=O) groups is 1. The topological polar surface area (TPSA) is 46.5 Å². The van der Waals surface area contributed by atoms with Gasteiger partial charge in [0.15, 0.2) is 0 Å². The van der Waals surface area contributed by atoms with Crippen LogP contribution >= 0.6 is 0 Å². The fraction of sp³-hybridized carbons (Fsp3) is 0.188. The molecule has 0 aliphatic rings. The minimum Gasteiger partial charge on any atom is -0.496 e. The summed E-state index contributed by atoms with van der Waals surface area (Å²) >= 11 is 0. The van der Waals surface area contributed by atoms with Crippen LogP contribution in [0.5, 0.6) is 5.75 Å². The van der Waals surface area contributed by atoms with Gasteiger partial charge in [-0.05, 0) is 66.4 Å². The third-order valence-corrected chi connectivity index (χ3v) is 3.24.